The number of aromatic nitrogens is 1. The molecule has 0 N–H and O–H groups in total. The summed E-state index contributed by atoms with van der Waals surface area (Å²) in [6.07, 6.45) is 8.64. The monoisotopic (exact) mass is 393 g/mol. The van der Waals surface area contributed by atoms with Crippen LogP contribution < -0.4 is 0 Å². The van der Waals surface area contributed by atoms with Crippen molar-refractivity contribution >= 4 is 20.2 Å². The van der Waals surface area contributed by atoms with Crippen molar-refractivity contribution in [1.29, 1.82) is 0 Å². The summed E-state index contributed by atoms with van der Waals surface area (Å²) in [5.41, 5.74) is 12.6. The lowest BCUT2D eigenvalue weighted by Crippen LogP contribution is -2.42. The molecule has 2 unspecified atom stereocenters. The molecule has 144 valence electrons. The van der Waals surface area contributed by atoms with Crippen LogP contribution in [0, 0.1) is 0 Å². The minimum atomic E-state index is -1.74. The third-order valence-corrected chi connectivity index (χ3v) is 11.4. The van der Waals surface area contributed by atoms with Gasteiger partial charge in [-0.1, -0.05) is 78.9 Å². The number of pyridine rings is 1. The zero-order valence-corrected chi connectivity index (χ0v) is 18.6. The van der Waals surface area contributed by atoms with Crippen LogP contribution in [0.25, 0.3) is 23.3 Å². The van der Waals surface area contributed by atoms with E-state index in [0.717, 1.165) is 0 Å². The van der Waals surface area contributed by atoms with Crippen molar-refractivity contribution in [2.75, 3.05) is 0 Å². The summed E-state index contributed by atoms with van der Waals surface area (Å²) in [5.74, 6) is 0. The van der Waals surface area contributed by atoms with Gasteiger partial charge in [0.1, 0.15) is 0 Å². The van der Waals surface area contributed by atoms with E-state index in [1.165, 1.54) is 44.5 Å². The average Bonchev–Trinajstić information content (AvgIpc) is 3.24. The van der Waals surface area contributed by atoms with E-state index < -0.39 is 8.07 Å². The predicted octanol–water partition coefficient (Wildman–Crippen LogP) is 7.24. The predicted molar refractivity (Wildman–Crippen MR) is 126 cm³/mol. The third-order valence-electron chi connectivity index (χ3n) is 6.90. The maximum atomic E-state index is 4.20. The molecule has 1 nitrogen and oxygen atoms in total. The van der Waals surface area contributed by atoms with Crippen molar-refractivity contribution < 1.29 is 0 Å². The quantitative estimate of drug-likeness (QED) is 0.427. The van der Waals surface area contributed by atoms with Gasteiger partial charge in [-0.2, -0.15) is 0 Å². The second kappa shape index (κ2) is 6.67. The van der Waals surface area contributed by atoms with Crippen molar-refractivity contribution in [2.45, 2.75) is 38.0 Å². The number of hydrogen-bond donors (Lipinski definition) is 0. The van der Waals surface area contributed by atoms with Gasteiger partial charge < -0.3 is 0 Å². The molecule has 3 aromatic rings. The maximum absolute atomic E-state index is 4.20. The van der Waals surface area contributed by atoms with Crippen LogP contribution in [0.1, 0.15) is 47.2 Å². The SMILES string of the molecule is CC1=Cc2ccccc2C1[Si](C)(C)C1C(C)=Cc2c(-c3ccncc3)cccc21. The summed E-state index contributed by atoms with van der Waals surface area (Å²) in [4.78, 5) is 4.20. The Morgan fingerprint density at radius 3 is 2.17 bits per heavy atom. The van der Waals surface area contributed by atoms with Gasteiger partial charge in [-0.05, 0) is 59.4 Å². The van der Waals surface area contributed by atoms with Gasteiger partial charge in [0.25, 0.3) is 0 Å². The molecule has 0 amide bonds. The molecule has 2 aliphatic rings. The van der Waals surface area contributed by atoms with Gasteiger partial charge in [0, 0.05) is 23.5 Å². The maximum Gasteiger partial charge on any atom is 0.0722 e. The van der Waals surface area contributed by atoms with E-state index in [1.54, 1.807) is 0 Å². The van der Waals surface area contributed by atoms with Crippen LogP contribution in [0.15, 0.2) is 78.1 Å². The van der Waals surface area contributed by atoms with Crippen molar-refractivity contribution in [1.82, 2.24) is 4.98 Å². The Hall–Kier alpha value is -2.71. The molecule has 0 spiro atoms. The molecule has 0 fully saturated rings. The largest absolute Gasteiger partial charge is 0.265 e. The van der Waals surface area contributed by atoms with Crippen LogP contribution >= 0.6 is 0 Å². The number of nitrogens with zero attached hydrogens (tertiary/aromatic N) is 1. The fourth-order valence-corrected chi connectivity index (χ4v) is 10.9. The van der Waals surface area contributed by atoms with E-state index in [1.807, 2.05) is 12.4 Å². The summed E-state index contributed by atoms with van der Waals surface area (Å²) in [5, 5.41) is 0. The van der Waals surface area contributed by atoms with Crippen molar-refractivity contribution in [3.05, 3.63) is 100 Å². The molecular formula is C27H27NSi. The molecule has 2 aliphatic carbocycles. The third kappa shape index (κ3) is 2.78. The molecule has 1 heterocycles. The van der Waals surface area contributed by atoms with Crippen LogP contribution in [0.4, 0.5) is 0 Å². The van der Waals surface area contributed by atoms with E-state index >= 15 is 0 Å². The zero-order chi connectivity index (χ0) is 20.2. The molecule has 5 rings (SSSR count). The molecule has 0 saturated heterocycles. The Labute approximate surface area is 174 Å². The minimum absolute atomic E-state index is 0.541. The fraction of sp³-hybridized carbons (Fsp3) is 0.222. The first kappa shape index (κ1) is 18.3. The average molecular weight is 394 g/mol. The van der Waals surface area contributed by atoms with Gasteiger partial charge in [0.2, 0.25) is 0 Å². The summed E-state index contributed by atoms with van der Waals surface area (Å²) < 4.78 is 0. The van der Waals surface area contributed by atoms with Crippen LogP contribution in [0.5, 0.6) is 0 Å². The Morgan fingerprint density at radius 2 is 1.38 bits per heavy atom. The van der Waals surface area contributed by atoms with Gasteiger partial charge in [-0.3, -0.25) is 4.98 Å². The minimum Gasteiger partial charge on any atom is -0.265 e. The first-order chi connectivity index (χ1) is 14.0. The Bertz CT molecular complexity index is 1150. The number of fused-ring (bicyclic) bond motifs is 2. The highest BCUT2D eigenvalue weighted by Gasteiger charge is 2.46. The normalized spacial score (nSPS) is 20.1. The van der Waals surface area contributed by atoms with Crippen LogP contribution in [-0.2, 0) is 0 Å². The summed E-state index contributed by atoms with van der Waals surface area (Å²) in [7, 11) is -1.74. The second-order valence-corrected chi connectivity index (χ2v) is 13.9. The lowest BCUT2D eigenvalue weighted by atomic mass is 9.98. The summed E-state index contributed by atoms with van der Waals surface area (Å²) in [6, 6.07) is 20.1. The highest BCUT2D eigenvalue weighted by molar-refractivity contribution is 6.81. The first-order valence-corrected chi connectivity index (χ1v) is 13.6. The van der Waals surface area contributed by atoms with Gasteiger partial charge >= 0.3 is 0 Å². The standard InChI is InChI=1S/C27H27NSi/c1-18-16-21-8-5-6-9-23(21)26(18)29(3,4)27-19(2)17-25-22(10-7-11-24(25)27)20-12-14-28-15-13-20/h5-17,26-27H,1-4H3. The number of benzene rings is 2. The molecule has 1 aromatic heterocycles. The number of allylic oxidation sites excluding steroid dienone is 2. The van der Waals surface area contributed by atoms with Gasteiger partial charge in [-0.15, -0.1) is 0 Å². The smallest absolute Gasteiger partial charge is 0.0722 e. The van der Waals surface area contributed by atoms with E-state index in [2.05, 4.69) is 98.7 Å². The molecule has 0 aliphatic heterocycles. The van der Waals surface area contributed by atoms with Crippen LogP contribution in [0.3, 0.4) is 0 Å². The summed E-state index contributed by atoms with van der Waals surface area (Å²) >= 11 is 0. The van der Waals surface area contributed by atoms with Crippen molar-refractivity contribution in [3.63, 3.8) is 0 Å². The first-order valence-electron chi connectivity index (χ1n) is 10.5. The van der Waals surface area contributed by atoms with Gasteiger partial charge in [-0.25, -0.2) is 0 Å². The molecule has 29 heavy (non-hydrogen) atoms. The topological polar surface area (TPSA) is 12.9 Å². The van der Waals surface area contributed by atoms with E-state index in [-0.39, 0.29) is 0 Å². The Morgan fingerprint density at radius 1 is 0.724 bits per heavy atom. The molecule has 2 atom stereocenters. The molecule has 2 aromatic carbocycles. The van der Waals surface area contributed by atoms with E-state index in [9.17, 15) is 0 Å². The lowest BCUT2D eigenvalue weighted by Gasteiger charge is -2.39. The molecule has 0 radical (unpaired) electrons. The van der Waals surface area contributed by atoms with Gasteiger partial charge in [0.05, 0.1) is 8.07 Å². The lowest BCUT2D eigenvalue weighted by molar-refractivity contribution is 0.968. The second-order valence-electron chi connectivity index (χ2n) is 9.14. The highest BCUT2D eigenvalue weighted by atomic mass is 28.3. The Balaban J connectivity index is 1.63. The van der Waals surface area contributed by atoms with Crippen LogP contribution in [-0.4, -0.2) is 13.1 Å². The number of rotatable bonds is 3. The van der Waals surface area contributed by atoms with Gasteiger partial charge in [0.15, 0.2) is 0 Å². The molecule has 0 bridgehead atoms. The summed E-state index contributed by atoms with van der Waals surface area (Å²) in [6.45, 7) is 9.86. The zero-order valence-electron chi connectivity index (χ0n) is 17.6. The van der Waals surface area contributed by atoms with E-state index in [4.69, 9.17) is 0 Å². The molecule has 0 saturated carbocycles. The Kier molecular flexibility index (Phi) is 4.21. The van der Waals surface area contributed by atoms with Crippen molar-refractivity contribution in [3.8, 4) is 11.1 Å². The van der Waals surface area contributed by atoms with E-state index in [0.29, 0.717) is 11.1 Å². The van der Waals surface area contributed by atoms with Crippen molar-refractivity contribution in [2.24, 2.45) is 0 Å². The number of hydrogen-bond acceptors (Lipinski definition) is 1. The fourth-order valence-electron chi connectivity index (χ4n) is 5.96. The molecule has 2 heteroatoms. The molecular weight excluding hydrogens is 366 g/mol. The van der Waals surface area contributed by atoms with Crippen LogP contribution in [0.2, 0.25) is 13.1 Å². The highest BCUT2D eigenvalue weighted by Crippen LogP contribution is 2.53.